The molecule has 1 aliphatic heterocycles. The zero-order valence-corrected chi connectivity index (χ0v) is 24.3. The second-order valence-electron chi connectivity index (χ2n) is 10.7. The lowest BCUT2D eigenvalue weighted by Crippen LogP contribution is -2.50. The van der Waals surface area contributed by atoms with E-state index in [-0.39, 0.29) is 22.5 Å². The van der Waals surface area contributed by atoms with E-state index in [4.69, 9.17) is 11.3 Å². The summed E-state index contributed by atoms with van der Waals surface area (Å²) in [7, 11) is -3.40. The highest BCUT2D eigenvalue weighted by Crippen LogP contribution is 2.41. The molecule has 0 saturated carbocycles. The van der Waals surface area contributed by atoms with Gasteiger partial charge in [0.15, 0.2) is 9.84 Å². The predicted octanol–water partition coefficient (Wildman–Crippen LogP) is 6.30. The molecule has 0 unspecified atom stereocenters. The van der Waals surface area contributed by atoms with E-state index in [0.717, 1.165) is 6.26 Å². The Labute approximate surface area is 237 Å². The van der Waals surface area contributed by atoms with Crippen LogP contribution in [0.3, 0.4) is 0 Å². The molecule has 1 saturated heterocycles. The molecule has 2 amide bonds. The Kier molecular flexibility index (Phi) is 8.33. The molecule has 1 atom stereocenters. The number of carbonyl (C=O) groups is 2. The van der Waals surface area contributed by atoms with Crippen LogP contribution in [0, 0.1) is 12.4 Å². The average molecular weight is 584 g/mol. The zero-order chi connectivity index (χ0) is 29.2. The molecule has 1 fully saturated rings. The Morgan fingerprint density at radius 2 is 1.80 bits per heavy atom. The second-order valence-corrected chi connectivity index (χ2v) is 13.7. The molecule has 11 heteroatoms. The molecule has 40 heavy (non-hydrogen) atoms. The molecular formula is C29H30FN3O5S2. The highest BCUT2D eigenvalue weighted by atomic mass is 32.2. The number of halogens is 1. The van der Waals surface area contributed by atoms with Crippen LogP contribution in [0.2, 0.25) is 0 Å². The summed E-state index contributed by atoms with van der Waals surface area (Å²) in [5.74, 6) is -0.892. The zero-order valence-electron chi connectivity index (χ0n) is 22.7. The Balaban J connectivity index is 1.66. The van der Waals surface area contributed by atoms with E-state index in [1.165, 1.54) is 35.6 Å². The summed E-state index contributed by atoms with van der Waals surface area (Å²) in [5, 5.41) is 2.85. The van der Waals surface area contributed by atoms with Gasteiger partial charge < -0.3 is 15.0 Å². The number of piperidine rings is 1. The topological polar surface area (TPSA) is 97.1 Å². The first-order valence-corrected chi connectivity index (χ1v) is 15.4. The summed E-state index contributed by atoms with van der Waals surface area (Å²) in [5.41, 5.74) is 1.02. The standard InChI is InChI=1S/C29H30FN3O5S2/c1-29(2,3)38-28(35)32-20-7-6-14-33(17-20)27(34)25-16-22(19-10-13-24(31-4)23(30)15-19)26(39-25)18-8-11-21(12-9-18)40(5,36)37/h8-13,15-16,20H,6-7,14,17H2,1-3,5H3,(H,32,35)/t20-/m1/s1. The van der Waals surface area contributed by atoms with Crippen LogP contribution in [0.5, 0.6) is 0 Å². The molecular weight excluding hydrogens is 553 g/mol. The van der Waals surface area contributed by atoms with Crippen molar-refractivity contribution in [1.29, 1.82) is 0 Å². The lowest BCUT2D eigenvalue weighted by molar-refractivity contribution is 0.0453. The number of amides is 2. The largest absolute Gasteiger partial charge is 0.444 e. The van der Waals surface area contributed by atoms with Crippen LogP contribution in [-0.2, 0) is 14.6 Å². The van der Waals surface area contributed by atoms with Gasteiger partial charge in [-0.1, -0.05) is 24.3 Å². The number of carbonyl (C=O) groups excluding carboxylic acids is 2. The SMILES string of the molecule is [C-]#[N+]c1ccc(-c2cc(C(=O)N3CCC[C@@H](NC(=O)OC(C)(C)C)C3)sc2-c2ccc(S(C)(=O)=O)cc2)cc1F. The maximum Gasteiger partial charge on any atom is 0.407 e. The number of likely N-dealkylation sites (tertiary alicyclic amines) is 1. The number of nitrogens with one attached hydrogen (secondary N) is 1. The highest BCUT2D eigenvalue weighted by Gasteiger charge is 2.29. The molecule has 3 aromatic rings. The van der Waals surface area contributed by atoms with Crippen LogP contribution in [0.1, 0.15) is 43.3 Å². The van der Waals surface area contributed by atoms with Crippen molar-refractivity contribution >= 4 is 38.9 Å². The van der Waals surface area contributed by atoms with Crippen molar-refractivity contribution in [2.45, 2.75) is 50.2 Å². The monoisotopic (exact) mass is 583 g/mol. The third kappa shape index (κ3) is 6.87. The maximum atomic E-state index is 14.6. The van der Waals surface area contributed by atoms with Crippen LogP contribution in [-0.4, -0.2) is 56.3 Å². The molecule has 1 aromatic heterocycles. The Morgan fingerprint density at radius 1 is 1.12 bits per heavy atom. The van der Waals surface area contributed by atoms with Gasteiger partial charge in [0.1, 0.15) is 11.4 Å². The molecule has 2 heterocycles. The van der Waals surface area contributed by atoms with Crippen LogP contribution in [0.15, 0.2) is 53.4 Å². The second kappa shape index (κ2) is 11.4. The smallest absolute Gasteiger partial charge is 0.407 e. The summed E-state index contributed by atoms with van der Waals surface area (Å²) in [6, 6.07) is 12.0. The summed E-state index contributed by atoms with van der Waals surface area (Å²) in [4.78, 5) is 32.0. The van der Waals surface area contributed by atoms with Gasteiger partial charge in [-0.05, 0) is 69.0 Å². The van der Waals surface area contributed by atoms with Gasteiger partial charge in [-0.2, -0.15) is 0 Å². The van der Waals surface area contributed by atoms with Crippen molar-refractivity contribution in [2.24, 2.45) is 0 Å². The molecule has 0 aliphatic carbocycles. The third-order valence-electron chi connectivity index (χ3n) is 6.30. The third-order valence-corrected chi connectivity index (χ3v) is 8.60. The lowest BCUT2D eigenvalue weighted by atomic mass is 10.0. The first kappa shape index (κ1) is 29.2. The maximum absolute atomic E-state index is 14.6. The van der Waals surface area contributed by atoms with Gasteiger partial charge in [-0.25, -0.2) is 22.4 Å². The quantitative estimate of drug-likeness (QED) is 0.356. The number of benzene rings is 2. The van der Waals surface area contributed by atoms with Gasteiger partial charge >= 0.3 is 6.09 Å². The summed E-state index contributed by atoms with van der Waals surface area (Å²) in [6.07, 6.45) is 2.01. The number of thiophene rings is 1. The number of nitrogens with zero attached hydrogens (tertiary/aromatic N) is 2. The fourth-order valence-electron chi connectivity index (χ4n) is 4.45. The molecule has 0 radical (unpaired) electrons. The number of ether oxygens (including phenoxy) is 1. The molecule has 2 aromatic carbocycles. The van der Waals surface area contributed by atoms with E-state index in [1.807, 2.05) is 0 Å². The number of alkyl carbamates (subject to hydrolysis) is 1. The molecule has 1 N–H and O–H groups in total. The van der Waals surface area contributed by atoms with Gasteiger partial charge in [0, 0.05) is 35.8 Å². The van der Waals surface area contributed by atoms with Crippen molar-refractivity contribution in [3.05, 3.63) is 70.6 Å². The number of hydrogen-bond donors (Lipinski definition) is 1. The average Bonchev–Trinajstić information content (AvgIpc) is 3.32. The van der Waals surface area contributed by atoms with E-state index in [9.17, 15) is 22.4 Å². The van der Waals surface area contributed by atoms with Gasteiger partial charge in [0.05, 0.1) is 16.3 Å². The van der Waals surface area contributed by atoms with Crippen LogP contribution in [0.4, 0.5) is 14.9 Å². The first-order chi connectivity index (χ1) is 18.7. The minimum absolute atomic E-state index is 0.105. The predicted molar refractivity (Wildman–Crippen MR) is 153 cm³/mol. The number of sulfone groups is 1. The highest BCUT2D eigenvalue weighted by molar-refractivity contribution is 7.90. The Bertz CT molecular complexity index is 1580. The molecule has 4 rings (SSSR count). The van der Waals surface area contributed by atoms with Crippen LogP contribution >= 0.6 is 11.3 Å². The van der Waals surface area contributed by atoms with Crippen LogP contribution < -0.4 is 5.32 Å². The first-order valence-electron chi connectivity index (χ1n) is 12.7. The molecule has 0 spiro atoms. The van der Waals surface area contributed by atoms with E-state index in [1.54, 1.807) is 49.9 Å². The van der Waals surface area contributed by atoms with E-state index in [2.05, 4.69) is 10.2 Å². The Hall–Kier alpha value is -3.75. The fraction of sp³-hybridized carbons (Fsp3) is 0.345. The number of rotatable bonds is 5. The summed E-state index contributed by atoms with van der Waals surface area (Å²) in [6.45, 7) is 13.3. The van der Waals surface area contributed by atoms with Gasteiger partial charge in [0.2, 0.25) is 5.69 Å². The minimum Gasteiger partial charge on any atom is -0.444 e. The molecule has 0 bridgehead atoms. The van der Waals surface area contributed by atoms with Crippen molar-refractivity contribution < 1.29 is 27.1 Å². The van der Waals surface area contributed by atoms with Crippen molar-refractivity contribution in [2.75, 3.05) is 19.3 Å². The van der Waals surface area contributed by atoms with Crippen molar-refractivity contribution in [3.63, 3.8) is 0 Å². The van der Waals surface area contributed by atoms with E-state index >= 15 is 0 Å². The van der Waals surface area contributed by atoms with Gasteiger partial charge in [-0.3, -0.25) is 4.79 Å². The molecule has 210 valence electrons. The van der Waals surface area contributed by atoms with E-state index in [0.29, 0.717) is 52.4 Å². The lowest BCUT2D eigenvalue weighted by Gasteiger charge is -2.33. The Morgan fingerprint density at radius 3 is 2.40 bits per heavy atom. The molecule has 1 aliphatic rings. The van der Waals surface area contributed by atoms with Gasteiger partial charge in [-0.15, -0.1) is 11.3 Å². The van der Waals surface area contributed by atoms with Gasteiger partial charge in [0.25, 0.3) is 5.91 Å². The fourth-order valence-corrected chi connectivity index (χ4v) is 6.24. The van der Waals surface area contributed by atoms with Crippen molar-refractivity contribution in [3.8, 4) is 21.6 Å². The summed E-state index contributed by atoms with van der Waals surface area (Å²) >= 11 is 1.23. The summed E-state index contributed by atoms with van der Waals surface area (Å²) < 4.78 is 43.8. The molecule has 8 nitrogen and oxygen atoms in total. The number of hydrogen-bond acceptors (Lipinski definition) is 6. The van der Waals surface area contributed by atoms with Crippen molar-refractivity contribution in [1.82, 2.24) is 10.2 Å². The minimum atomic E-state index is -3.40. The van der Waals surface area contributed by atoms with E-state index < -0.39 is 27.3 Å². The normalized spacial score (nSPS) is 15.8. The van der Waals surface area contributed by atoms with Crippen LogP contribution in [0.25, 0.3) is 26.4 Å².